The number of carbonyl (C=O) groups is 1. The highest BCUT2D eigenvalue weighted by molar-refractivity contribution is 9.10. The predicted molar refractivity (Wildman–Crippen MR) is 118 cm³/mol. The Kier molecular flexibility index (Phi) is 5.41. The van der Waals surface area contributed by atoms with Gasteiger partial charge in [-0.1, -0.05) is 58.4 Å². The average molecular weight is 453 g/mol. The van der Waals surface area contributed by atoms with Crippen LogP contribution in [0.1, 0.15) is 6.92 Å². The molecule has 140 valence electrons. The zero-order valence-electron chi connectivity index (χ0n) is 15.1. The largest absolute Gasteiger partial charge is 0.481 e. The number of thiazole rings is 1. The first-order valence-electron chi connectivity index (χ1n) is 8.77. The second-order valence-electron chi connectivity index (χ2n) is 6.27. The molecule has 0 saturated carbocycles. The summed E-state index contributed by atoms with van der Waals surface area (Å²) in [6, 6.07) is 21.7. The van der Waals surface area contributed by atoms with Crippen LogP contribution in [0.3, 0.4) is 0 Å². The topological polar surface area (TPSA) is 51.2 Å². The number of benzene rings is 3. The van der Waals surface area contributed by atoms with Crippen LogP contribution >= 0.6 is 27.3 Å². The number of nitrogens with zero attached hydrogens (tertiary/aromatic N) is 1. The van der Waals surface area contributed by atoms with Crippen LogP contribution in [0.25, 0.3) is 22.0 Å². The van der Waals surface area contributed by atoms with Gasteiger partial charge in [0, 0.05) is 15.4 Å². The van der Waals surface area contributed by atoms with E-state index in [-0.39, 0.29) is 5.91 Å². The van der Waals surface area contributed by atoms with E-state index >= 15 is 0 Å². The maximum absolute atomic E-state index is 12.5. The lowest BCUT2D eigenvalue weighted by atomic mass is 10.0. The lowest BCUT2D eigenvalue weighted by Gasteiger charge is -2.13. The van der Waals surface area contributed by atoms with Gasteiger partial charge in [0.25, 0.3) is 5.91 Å². The third kappa shape index (κ3) is 4.08. The van der Waals surface area contributed by atoms with E-state index in [0.717, 1.165) is 26.5 Å². The normalized spacial score (nSPS) is 11.9. The lowest BCUT2D eigenvalue weighted by Crippen LogP contribution is -2.30. The van der Waals surface area contributed by atoms with Gasteiger partial charge in [-0.3, -0.25) is 10.1 Å². The number of aromatic nitrogens is 1. The molecule has 6 heteroatoms. The van der Waals surface area contributed by atoms with Crippen molar-refractivity contribution in [3.8, 4) is 17.0 Å². The molecule has 1 atom stereocenters. The van der Waals surface area contributed by atoms with E-state index in [1.807, 2.05) is 53.9 Å². The number of amides is 1. The van der Waals surface area contributed by atoms with Gasteiger partial charge < -0.3 is 4.74 Å². The Labute approximate surface area is 175 Å². The minimum Gasteiger partial charge on any atom is -0.481 e. The second-order valence-corrected chi connectivity index (χ2v) is 8.04. The van der Waals surface area contributed by atoms with E-state index in [4.69, 9.17) is 4.74 Å². The first-order chi connectivity index (χ1) is 13.6. The van der Waals surface area contributed by atoms with Gasteiger partial charge in [-0.2, -0.15) is 0 Å². The maximum Gasteiger partial charge on any atom is 0.266 e. The molecule has 4 nitrogen and oxygen atoms in total. The first kappa shape index (κ1) is 18.7. The van der Waals surface area contributed by atoms with Crippen LogP contribution in [0.15, 0.2) is 76.6 Å². The number of rotatable bonds is 5. The van der Waals surface area contributed by atoms with Crippen molar-refractivity contribution in [1.29, 1.82) is 0 Å². The molecule has 4 aromatic rings. The number of carbonyl (C=O) groups excluding carboxylic acids is 1. The van der Waals surface area contributed by atoms with Crippen molar-refractivity contribution in [2.75, 3.05) is 5.32 Å². The van der Waals surface area contributed by atoms with Crippen LogP contribution in [0, 0.1) is 0 Å². The Morgan fingerprint density at radius 2 is 1.82 bits per heavy atom. The molecule has 4 rings (SSSR count). The van der Waals surface area contributed by atoms with Gasteiger partial charge in [0.1, 0.15) is 5.75 Å². The quantitative estimate of drug-likeness (QED) is 0.396. The molecule has 1 heterocycles. The van der Waals surface area contributed by atoms with Crippen molar-refractivity contribution < 1.29 is 9.53 Å². The van der Waals surface area contributed by atoms with Crippen molar-refractivity contribution in [3.05, 3.63) is 76.6 Å². The summed E-state index contributed by atoms with van der Waals surface area (Å²) in [5.41, 5.74) is 1.90. The molecule has 0 aliphatic heterocycles. The molecule has 0 saturated heterocycles. The van der Waals surface area contributed by atoms with Crippen molar-refractivity contribution in [2.45, 2.75) is 13.0 Å². The monoisotopic (exact) mass is 452 g/mol. The van der Waals surface area contributed by atoms with E-state index < -0.39 is 6.10 Å². The number of anilines is 1. The fraction of sp³-hybridized carbons (Fsp3) is 0.0909. The molecular weight excluding hydrogens is 436 g/mol. The number of halogens is 1. The number of ether oxygens (including phenoxy) is 1. The third-order valence-corrected chi connectivity index (χ3v) is 5.58. The summed E-state index contributed by atoms with van der Waals surface area (Å²) in [6.45, 7) is 1.72. The molecule has 0 bridgehead atoms. The minimum atomic E-state index is -0.633. The highest BCUT2D eigenvalue weighted by atomic mass is 79.9. The van der Waals surface area contributed by atoms with E-state index in [0.29, 0.717) is 10.9 Å². The smallest absolute Gasteiger partial charge is 0.266 e. The third-order valence-electron chi connectivity index (χ3n) is 4.30. The summed E-state index contributed by atoms with van der Waals surface area (Å²) in [5.74, 6) is 0.406. The zero-order valence-corrected chi connectivity index (χ0v) is 17.5. The molecule has 0 spiro atoms. The maximum atomic E-state index is 12.5. The Hall–Kier alpha value is -2.70. The Balaban J connectivity index is 1.48. The van der Waals surface area contributed by atoms with Crippen LogP contribution in [-0.4, -0.2) is 17.0 Å². The van der Waals surface area contributed by atoms with E-state index in [1.54, 1.807) is 6.92 Å². The van der Waals surface area contributed by atoms with Crippen molar-refractivity contribution in [1.82, 2.24) is 4.98 Å². The van der Waals surface area contributed by atoms with Crippen LogP contribution in [0.4, 0.5) is 5.13 Å². The number of hydrogen-bond donors (Lipinski definition) is 1. The number of hydrogen-bond acceptors (Lipinski definition) is 4. The molecule has 28 heavy (non-hydrogen) atoms. The van der Waals surface area contributed by atoms with Crippen LogP contribution in [0.5, 0.6) is 5.75 Å². The molecule has 0 unspecified atom stereocenters. The summed E-state index contributed by atoms with van der Waals surface area (Å²) >= 11 is 4.78. The summed E-state index contributed by atoms with van der Waals surface area (Å²) in [6.07, 6.45) is -0.633. The number of fused-ring (bicyclic) bond motifs is 1. The van der Waals surface area contributed by atoms with Crippen LogP contribution < -0.4 is 10.1 Å². The molecule has 3 aromatic carbocycles. The predicted octanol–water partition coefficient (Wildman–Crippen LogP) is 6.13. The highest BCUT2D eigenvalue weighted by Crippen LogP contribution is 2.31. The Morgan fingerprint density at radius 1 is 1.07 bits per heavy atom. The Morgan fingerprint density at radius 3 is 2.64 bits per heavy atom. The SMILES string of the molecule is C[C@H](Oc1ccc(Br)cc1)C(=O)Nc1nc(-c2cccc3ccccc23)cs1. The molecule has 0 radical (unpaired) electrons. The van der Waals surface area contributed by atoms with Gasteiger partial charge >= 0.3 is 0 Å². The fourth-order valence-corrected chi connectivity index (χ4v) is 3.86. The minimum absolute atomic E-state index is 0.235. The molecule has 1 amide bonds. The summed E-state index contributed by atoms with van der Waals surface area (Å²) < 4.78 is 6.66. The van der Waals surface area contributed by atoms with E-state index in [2.05, 4.69) is 44.4 Å². The van der Waals surface area contributed by atoms with Gasteiger partial charge in [0.15, 0.2) is 11.2 Å². The molecule has 0 fully saturated rings. The second kappa shape index (κ2) is 8.12. The van der Waals surface area contributed by atoms with Gasteiger partial charge in [-0.05, 0) is 42.0 Å². The standard InChI is InChI=1S/C22H17BrN2O2S/c1-14(27-17-11-9-16(23)10-12-17)21(26)25-22-24-20(13-28-22)19-8-4-6-15-5-2-3-7-18(15)19/h2-14H,1H3,(H,24,25,26)/t14-/m0/s1. The van der Waals surface area contributed by atoms with Crippen LogP contribution in [0.2, 0.25) is 0 Å². The first-order valence-corrected chi connectivity index (χ1v) is 10.4. The van der Waals surface area contributed by atoms with Gasteiger partial charge in [-0.15, -0.1) is 11.3 Å². The lowest BCUT2D eigenvalue weighted by molar-refractivity contribution is -0.122. The summed E-state index contributed by atoms with van der Waals surface area (Å²) in [5, 5.41) is 7.66. The van der Waals surface area contributed by atoms with Crippen molar-refractivity contribution in [3.63, 3.8) is 0 Å². The average Bonchev–Trinajstić information content (AvgIpc) is 3.17. The molecule has 0 aliphatic carbocycles. The molecule has 1 N–H and O–H groups in total. The van der Waals surface area contributed by atoms with Gasteiger partial charge in [-0.25, -0.2) is 4.98 Å². The fourth-order valence-electron chi connectivity index (χ4n) is 2.88. The molecule has 1 aromatic heterocycles. The molecule has 0 aliphatic rings. The van der Waals surface area contributed by atoms with Crippen molar-refractivity contribution in [2.24, 2.45) is 0 Å². The van der Waals surface area contributed by atoms with Gasteiger partial charge in [0.2, 0.25) is 0 Å². The molecular formula is C22H17BrN2O2S. The van der Waals surface area contributed by atoms with Crippen LogP contribution in [-0.2, 0) is 4.79 Å². The number of nitrogens with one attached hydrogen (secondary N) is 1. The summed E-state index contributed by atoms with van der Waals surface area (Å²) in [7, 11) is 0. The van der Waals surface area contributed by atoms with E-state index in [9.17, 15) is 4.79 Å². The van der Waals surface area contributed by atoms with Crippen molar-refractivity contribution >= 4 is 49.1 Å². The zero-order chi connectivity index (χ0) is 19.5. The van der Waals surface area contributed by atoms with E-state index in [1.165, 1.54) is 11.3 Å². The summed E-state index contributed by atoms with van der Waals surface area (Å²) in [4.78, 5) is 17.1. The van der Waals surface area contributed by atoms with Gasteiger partial charge in [0.05, 0.1) is 5.69 Å². The highest BCUT2D eigenvalue weighted by Gasteiger charge is 2.17. The Bertz CT molecular complexity index is 1120.